The molecule has 0 radical (unpaired) electrons. The minimum Gasteiger partial charge on any atom is -0.378 e. The zero-order valence-electron chi connectivity index (χ0n) is 22.2. The Bertz CT molecular complexity index is 1260. The van der Waals surface area contributed by atoms with Crippen molar-refractivity contribution in [3.05, 3.63) is 35.9 Å². The van der Waals surface area contributed by atoms with E-state index in [9.17, 15) is 13.6 Å². The van der Waals surface area contributed by atoms with Crippen LogP contribution in [0.2, 0.25) is 0 Å². The Morgan fingerprint density at radius 2 is 1.82 bits per heavy atom. The van der Waals surface area contributed by atoms with Crippen LogP contribution in [0.15, 0.2) is 24.3 Å². The maximum absolute atomic E-state index is 14.0. The standard InChI is InChI=1S/C27H35F2N7O3/c1-38-17-23(37)30-19-11-9-18(10-12-19)5-4-8-22-32-26(35-13-15-39-16-14-35)34-27(33-22)36-21-7-3-2-6-20(21)31-25(36)24(28)29/h2-3,6-7,18-19,24H,4-5,8-17H2,1H3,(H,30,37). The number of nitrogens with zero attached hydrogens (tertiary/aromatic N) is 6. The van der Waals surface area contributed by atoms with Crippen LogP contribution in [0.5, 0.6) is 0 Å². The number of aryl methyl sites for hydroxylation is 1. The van der Waals surface area contributed by atoms with Gasteiger partial charge in [0.2, 0.25) is 17.8 Å². The van der Waals surface area contributed by atoms with Crippen molar-refractivity contribution >= 4 is 22.9 Å². The number of fused-ring (bicyclic) bond motifs is 1. The molecule has 1 N–H and O–H groups in total. The first-order chi connectivity index (χ1) is 19.0. The van der Waals surface area contributed by atoms with Gasteiger partial charge in [-0.1, -0.05) is 18.6 Å². The van der Waals surface area contributed by atoms with Crippen LogP contribution in [0, 0.1) is 5.92 Å². The summed E-state index contributed by atoms with van der Waals surface area (Å²) in [6, 6.07) is 7.23. The van der Waals surface area contributed by atoms with Gasteiger partial charge in [-0.15, -0.1) is 0 Å². The summed E-state index contributed by atoms with van der Waals surface area (Å²) in [5, 5.41) is 3.04. The number of methoxy groups -OCH3 is 1. The molecule has 5 rings (SSSR count). The number of nitrogens with one attached hydrogen (secondary N) is 1. The maximum atomic E-state index is 14.0. The number of imidazole rings is 1. The van der Waals surface area contributed by atoms with Gasteiger partial charge in [-0.3, -0.25) is 9.36 Å². The fourth-order valence-corrected chi connectivity index (χ4v) is 5.46. The number of anilines is 1. The van der Waals surface area contributed by atoms with Gasteiger partial charge in [0, 0.05) is 32.7 Å². The van der Waals surface area contributed by atoms with Gasteiger partial charge < -0.3 is 19.7 Å². The number of morpholine rings is 1. The average molecular weight is 544 g/mol. The highest BCUT2D eigenvalue weighted by Crippen LogP contribution is 2.30. The summed E-state index contributed by atoms with van der Waals surface area (Å²) >= 11 is 0. The van der Waals surface area contributed by atoms with Gasteiger partial charge in [-0.2, -0.15) is 15.0 Å². The number of carbonyl (C=O) groups is 1. The summed E-state index contributed by atoms with van der Waals surface area (Å²) in [5.74, 6) is 1.35. The highest BCUT2D eigenvalue weighted by Gasteiger charge is 2.25. The number of carbonyl (C=O) groups excluding carboxylic acids is 1. The Hall–Kier alpha value is -3.25. The number of para-hydroxylation sites is 2. The molecule has 1 saturated carbocycles. The van der Waals surface area contributed by atoms with Gasteiger partial charge in [-0.25, -0.2) is 13.8 Å². The molecular weight excluding hydrogens is 508 g/mol. The Morgan fingerprint density at radius 1 is 1.08 bits per heavy atom. The predicted octanol–water partition coefficient (Wildman–Crippen LogP) is 3.63. The fourth-order valence-electron chi connectivity index (χ4n) is 5.46. The number of hydrogen-bond acceptors (Lipinski definition) is 8. The number of benzene rings is 1. The second-order valence-electron chi connectivity index (χ2n) is 10.2. The summed E-state index contributed by atoms with van der Waals surface area (Å²) in [6.45, 7) is 2.45. The van der Waals surface area contributed by atoms with Gasteiger partial charge in [0.1, 0.15) is 12.4 Å². The largest absolute Gasteiger partial charge is 0.378 e. The molecule has 0 unspecified atom stereocenters. The second kappa shape index (κ2) is 12.7. The van der Waals surface area contributed by atoms with Crippen molar-refractivity contribution in [2.75, 3.05) is 44.9 Å². The van der Waals surface area contributed by atoms with Crippen LogP contribution in [0.4, 0.5) is 14.7 Å². The molecule has 1 amide bonds. The van der Waals surface area contributed by atoms with E-state index in [1.54, 1.807) is 24.3 Å². The number of amides is 1. The van der Waals surface area contributed by atoms with Crippen LogP contribution in [0.1, 0.15) is 56.6 Å². The number of halogens is 2. The normalized spacial score (nSPS) is 20.1. The third-order valence-corrected chi connectivity index (χ3v) is 7.43. The van der Waals surface area contributed by atoms with E-state index in [1.165, 1.54) is 11.7 Å². The molecule has 12 heteroatoms. The predicted molar refractivity (Wildman–Crippen MR) is 141 cm³/mol. The topological polar surface area (TPSA) is 107 Å². The van der Waals surface area contributed by atoms with Crippen LogP contribution in [-0.2, 0) is 20.7 Å². The fraction of sp³-hybridized carbons (Fsp3) is 0.593. The summed E-state index contributed by atoms with van der Waals surface area (Å²) < 4.78 is 39.8. The molecular formula is C27H35F2N7O3. The van der Waals surface area contributed by atoms with E-state index in [1.807, 2.05) is 4.90 Å². The highest BCUT2D eigenvalue weighted by molar-refractivity contribution is 5.78. The lowest BCUT2D eigenvalue weighted by atomic mass is 9.83. The number of aromatic nitrogens is 5. The molecule has 1 aliphatic heterocycles. The number of rotatable bonds is 10. The molecule has 1 aromatic carbocycles. The van der Waals surface area contributed by atoms with Gasteiger partial charge >= 0.3 is 0 Å². The summed E-state index contributed by atoms with van der Waals surface area (Å²) in [4.78, 5) is 32.0. The quantitative estimate of drug-likeness (QED) is 0.413. The lowest BCUT2D eigenvalue weighted by Crippen LogP contribution is -2.39. The van der Waals surface area contributed by atoms with Crippen LogP contribution >= 0.6 is 0 Å². The molecule has 3 heterocycles. The van der Waals surface area contributed by atoms with Crippen molar-refractivity contribution in [3.8, 4) is 5.95 Å². The molecule has 210 valence electrons. The third kappa shape index (κ3) is 6.67. The Kier molecular flexibility index (Phi) is 8.92. The lowest BCUT2D eigenvalue weighted by Gasteiger charge is -2.29. The lowest BCUT2D eigenvalue weighted by molar-refractivity contribution is -0.125. The monoisotopic (exact) mass is 543 g/mol. The number of hydrogen-bond donors (Lipinski definition) is 1. The van der Waals surface area contributed by atoms with Crippen molar-refractivity contribution in [1.29, 1.82) is 0 Å². The van der Waals surface area contributed by atoms with E-state index in [4.69, 9.17) is 14.5 Å². The molecule has 1 aliphatic carbocycles. The maximum Gasteiger partial charge on any atom is 0.296 e. The van der Waals surface area contributed by atoms with E-state index in [-0.39, 0.29) is 30.3 Å². The molecule has 2 fully saturated rings. The highest BCUT2D eigenvalue weighted by atomic mass is 19.3. The van der Waals surface area contributed by atoms with Crippen molar-refractivity contribution in [1.82, 2.24) is 29.8 Å². The molecule has 0 spiro atoms. The molecule has 2 aliphatic rings. The smallest absolute Gasteiger partial charge is 0.296 e. The third-order valence-electron chi connectivity index (χ3n) is 7.43. The van der Waals surface area contributed by atoms with Gasteiger partial charge in [-0.05, 0) is 50.2 Å². The zero-order valence-corrected chi connectivity index (χ0v) is 22.2. The average Bonchev–Trinajstić information content (AvgIpc) is 3.35. The van der Waals surface area contributed by atoms with Crippen molar-refractivity contribution < 1.29 is 23.0 Å². The second-order valence-corrected chi connectivity index (χ2v) is 10.2. The van der Waals surface area contributed by atoms with Crippen LogP contribution in [-0.4, -0.2) is 76.5 Å². The van der Waals surface area contributed by atoms with Gasteiger partial charge in [0.15, 0.2) is 5.82 Å². The minimum absolute atomic E-state index is 0.0664. The number of ether oxygens (including phenoxy) is 2. The molecule has 39 heavy (non-hydrogen) atoms. The summed E-state index contributed by atoms with van der Waals surface area (Å²) in [5.41, 5.74) is 1.00. The molecule has 1 saturated heterocycles. The molecule has 10 nitrogen and oxygen atoms in total. The minimum atomic E-state index is -2.78. The van der Waals surface area contributed by atoms with Crippen molar-refractivity contribution in [3.63, 3.8) is 0 Å². The molecule has 0 atom stereocenters. The molecule has 3 aromatic rings. The first-order valence-corrected chi connectivity index (χ1v) is 13.6. The van der Waals surface area contributed by atoms with E-state index < -0.39 is 6.43 Å². The zero-order chi connectivity index (χ0) is 27.2. The summed E-state index contributed by atoms with van der Waals surface area (Å²) in [7, 11) is 1.52. The first kappa shape index (κ1) is 27.3. The Labute approximate surface area is 226 Å². The van der Waals surface area contributed by atoms with Crippen molar-refractivity contribution in [2.45, 2.75) is 57.4 Å². The van der Waals surface area contributed by atoms with E-state index in [0.29, 0.717) is 61.4 Å². The SMILES string of the molecule is COCC(=O)NC1CCC(CCCc2nc(N3CCOCC3)nc(-n3c(C(F)F)nc4ccccc43)n2)CC1. The van der Waals surface area contributed by atoms with Crippen LogP contribution in [0.3, 0.4) is 0 Å². The first-order valence-electron chi connectivity index (χ1n) is 13.6. The Morgan fingerprint density at radius 3 is 2.56 bits per heavy atom. The number of alkyl halides is 2. The van der Waals surface area contributed by atoms with Crippen LogP contribution < -0.4 is 10.2 Å². The molecule has 2 aromatic heterocycles. The van der Waals surface area contributed by atoms with E-state index in [2.05, 4.69) is 20.3 Å². The van der Waals surface area contributed by atoms with Gasteiger partial charge in [0.25, 0.3) is 6.43 Å². The van der Waals surface area contributed by atoms with E-state index >= 15 is 0 Å². The summed E-state index contributed by atoms with van der Waals surface area (Å²) in [6.07, 6.45) is 3.76. The Balaban J connectivity index is 1.31. The van der Waals surface area contributed by atoms with E-state index in [0.717, 1.165) is 38.5 Å². The van der Waals surface area contributed by atoms with Crippen molar-refractivity contribution in [2.24, 2.45) is 5.92 Å². The van der Waals surface area contributed by atoms with Gasteiger partial charge in [0.05, 0.1) is 24.2 Å². The van der Waals surface area contributed by atoms with Crippen LogP contribution in [0.25, 0.3) is 17.0 Å². The molecule has 0 bridgehead atoms.